The van der Waals surface area contributed by atoms with Gasteiger partial charge in [-0.15, -0.1) is 0 Å². The summed E-state index contributed by atoms with van der Waals surface area (Å²) in [5, 5.41) is 2.71. The Morgan fingerprint density at radius 1 is 1.12 bits per heavy atom. The van der Waals surface area contributed by atoms with Crippen molar-refractivity contribution in [2.75, 3.05) is 12.3 Å². The molecule has 0 bridgehead atoms. The molecule has 1 aliphatic carbocycles. The minimum Gasteiger partial charge on any atom is -0.355 e. The Morgan fingerprint density at radius 2 is 1.83 bits per heavy atom. The van der Waals surface area contributed by atoms with Gasteiger partial charge in [-0.3, -0.25) is 4.79 Å². The monoisotopic (exact) mass is 347 g/mol. The zero-order chi connectivity index (χ0) is 17.2. The second-order valence-corrected chi connectivity index (χ2v) is 7.96. The molecule has 0 radical (unpaired) electrons. The van der Waals surface area contributed by atoms with E-state index >= 15 is 0 Å². The van der Waals surface area contributed by atoms with Crippen molar-refractivity contribution < 1.29 is 17.6 Å². The van der Waals surface area contributed by atoms with Gasteiger partial charge in [-0.1, -0.05) is 24.3 Å². The molecule has 3 rings (SSSR count). The number of carbonyl (C=O) groups is 1. The number of sulfone groups is 1. The summed E-state index contributed by atoms with van der Waals surface area (Å²) in [4.78, 5) is 12.4. The third kappa shape index (κ3) is 3.48. The van der Waals surface area contributed by atoms with Gasteiger partial charge in [-0.2, -0.15) is 0 Å². The highest BCUT2D eigenvalue weighted by atomic mass is 32.2. The fourth-order valence-corrected chi connectivity index (χ4v) is 4.18. The van der Waals surface area contributed by atoms with E-state index in [1.54, 1.807) is 0 Å². The number of halogens is 1. The van der Waals surface area contributed by atoms with E-state index in [0.29, 0.717) is 0 Å². The van der Waals surface area contributed by atoms with Gasteiger partial charge in [0, 0.05) is 6.54 Å². The Balaban J connectivity index is 1.59. The topological polar surface area (TPSA) is 63.2 Å². The normalized spacial score (nSPS) is 16.6. The Bertz CT molecular complexity index is 847. The summed E-state index contributed by atoms with van der Waals surface area (Å²) in [5.41, 5.74) is 2.20. The molecular weight excluding hydrogens is 329 g/mol. The summed E-state index contributed by atoms with van der Waals surface area (Å²) < 4.78 is 37.2. The minimum absolute atomic E-state index is 0.0389. The van der Waals surface area contributed by atoms with Crippen LogP contribution in [-0.2, 0) is 21.1 Å². The number of nitrogens with one attached hydrogen (secondary N) is 1. The van der Waals surface area contributed by atoms with E-state index in [1.165, 1.54) is 17.7 Å². The minimum atomic E-state index is -3.54. The van der Waals surface area contributed by atoms with E-state index < -0.39 is 15.7 Å². The first-order valence-corrected chi connectivity index (χ1v) is 9.46. The second-order valence-electron chi connectivity index (χ2n) is 5.85. The maximum atomic E-state index is 12.9. The van der Waals surface area contributed by atoms with Crippen molar-refractivity contribution in [3.63, 3.8) is 0 Å². The molecule has 1 aliphatic rings. The summed E-state index contributed by atoms with van der Waals surface area (Å²) in [7, 11) is -3.54. The lowest BCUT2D eigenvalue weighted by Crippen LogP contribution is -2.32. The SMILES string of the molecule is O=C(NCCS(=O)(=O)c1ccc(F)cc1)[C@@H]1CCc2ccccc21. The number of amides is 1. The highest BCUT2D eigenvalue weighted by molar-refractivity contribution is 7.91. The van der Waals surface area contributed by atoms with Gasteiger partial charge in [0.05, 0.1) is 16.6 Å². The number of hydrogen-bond acceptors (Lipinski definition) is 3. The van der Waals surface area contributed by atoms with Crippen LogP contribution in [0.2, 0.25) is 0 Å². The molecule has 1 atom stereocenters. The number of fused-ring (bicyclic) bond motifs is 1. The van der Waals surface area contributed by atoms with Gasteiger partial charge in [-0.05, 0) is 48.2 Å². The molecule has 0 saturated carbocycles. The highest BCUT2D eigenvalue weighted by Gasteiger charge is 2.28. The molecule has 0 spiro atoms. The van der Waals surface area contributed by atoms with Crippen molar-refractivity contribution in [1.29, 1.82) is 0 Å². The summed E-state index contributed by atoms with van der Waals surface area (Å²) in [6.07, 6.45) is 1.61. The molecular formula is C18H18FNO3S. The smallest absolute Gasteiger partial charge is 0.227 e. The van der Waals surface area contributed by atoms with Gasteiger partial charge in [0.25, 0.3) is 0 Å². The van der Waals surface area contributed by atoms with Gasteiger partial charge in [0.15, 0.2) is 9.84 Å². The van der Waals surface area contributed by atoms with E-state index in [0.717, 1.165) is 30.5 Å². The van der Waals surface area contributed by atoms with Crippen LogP contribution in [-0.4, -0.2) is 26.6 Å². The van der Waals surface area contributed by atoms with Crippen LogP contribution in [0.15, 0.2) is 53.4 Å². The Morgan fingerprint density at radius 3 is 2.58 bits per heavy atom. The molecule has 1 N–H and O–H groups in total. The first kappa shape index (κ1) is 16.6. The Kier molecular flexibility index (Phi) is 4.66. The van der Waals surface area contributed by atoms with Gasteiger partial charge < -0.3 is 5.32 Å². The molecule has 2 aromatic carbocycles. The van der Waals surface area contributed by atoms with E-state index in [4.69, 9.17) is 0 Å². The second kappa shape index (κ2) is 6.73. The van der Waals surface area contributed by atoms with Crippen molar-refractivity contribution in [2.45, 2.75) is 23.7 Å². The van der Waals surface area contributed by atoms with Gasteiger partial charge >= 0.3 is 0 Å². The van der Waals surface area contributed by atoms with Gasteiger partial charge in [0.1, 0.15) is 5.82 Å². The van der Waals surface area contributed by atoms with E-state index in [-0.39, 0.29) is 29.0 Å². The molecule has 0 heterocycles. The zero-order valence-electron chi connectivity index (χ0n) is 13.0. The summed E-state index contributed by atoms with van der Waals surface area (Å²) in [6, 6.07) is 12.5. The molecule has 0 aromatic heterocycles. The Labute approximate surface area is 140 Å². The van der Waals surface area contributed by atoms with Gasteiger partial charge in [0.2, 0.25) is 5.91 Å². The third-order valence-electron chi connectivity index (χ3n) is 4.29. The van der Waals surface area contributed by atoms with Crippen LogP contribution in [0.3, 0.4) is 0 Å². The van der Waals surface area contributed by atoms with Crippen LogP contribution in [0.4, 0.5) is 4.39 Å². The molecule has 6 heteroatoms. The lowest BCUT2D eigenvalue weighted by Gasteiger charge is -2.12. The van der Waals surface area contributed by atoms with Crippen LogP contribution in [0, 0.1) is 5.82 Å². The van der Waals surface area contributed by atoms with Crippen LogP contribution >= 0.6 is 0 Å². The third-order valence-corrected chi connectivity index (χ3v) is 6.02. The number of hydrogen-bond donors (Lipinski definition) is 1. The van der Waals surface area contributed by atoms with Crippen LogP contribution in [0.1, 0.15) is 23.5 Å². The molecule has 4 nitrogen and oxygen atoms in total. The largest absolute Gasteiger partial charge is 0.355 e. The predicted octanol–water partition coefficient (Wildman–Crippen LogP) is 2.45. The first-order chi connectivity index (χ1) is 11.5. The quantitative estimate of drug-likeness (QED) is 0.845. The van der Waals surface area contributed by atoms with Crippen molar-refractivity contribution in [2.24, 2.45) is 0 Å². The Hall–Kier alpha value is -2.21. The standard InChI is InChI=1S/C18H18FNO3S/c19-14-6-8-15(9-7-14)24(22,23)12-11-20-18(21)17-10-5-13-3-1-2-4-16(13)17/h1-4,6-9,17H,5,10-12H2,(H,20,21)/t17-/m1/s1. The lowest BCUT2D eigenvalue weighted by molar-refractivity contribution is -0.122. The van der Waals surface area contributed by atoms with Crippen LogP contribution < -0.4 is 5.32 Å². The van der Waals surface area contributed by atoms with Crippen LogP contribution in [0.5, 0.6) is 0 Å². The molecule has 24 heavy (non-hydrogen) atoms. The number of carbonyl (C=O) groups excluding carboxylic acids is 1. The van der Waals surface area contributed by atoms with E-state index in [2.05, 4.69) is 5.32 Å². The summed E-state index contributed by atoms with van der Waals surface area (Å²) in [6.45, 7) is 0.0389. The lowest BCUT2D eigenvalue weighted by atomic mass is 10.0. The fraction of sp³-hybridized carbons (Fsp3) is 0.278. The first-order valence-electron chi connectivity index (χ1n) is 7.81. The molecule has 0 unspecified atom stereocenters. The molecule has 0 aliphatic heterocycles. The maximum absolute atomic E-state index is 12.9. The molecule has 1 amide bonds. The zero-order valence-corrected chi connectivity index (χ0v) is 13.9. The average molecular weight is 347 g/mol. The fourth-order valence-electron chi connectivity index (χ4n) is 3.02. The van der Waals surface area contributed by atoms with Gasteiger partial charge in [-0.25, -0.2) is 12.8 Å². The molecule has 0 saturated heterocycles. The van der Waals surface area contributed by atoms with Crippen molar-refractivity contribution in [3.05, 3.63) is 65.5 Å². The average Bonchev–Trinajstić information content (AvgIpc) is 2.99. The van der Waals surface area contributed by atoms with Crippen molar-refractivity contribution >= 4 is 15.7 Å². The maximum Gasteiger partial charge on any atom is 0.227 e. The van der Waals surface area contributed by atoms with Crippen LogP contribution in [0.25, 0.3) is 0 Å². The highest BCUT2D eigenvalue weighted by Crippen LogP contribution is 2.32. The van der Waals surface area contributed by atoms with Crippen molar-refractivity contribution in [3.8, 4) is 0 Å². The predicted molar refractivity (Wildman–Crippen MR) is 89.0 cm³/mol. The number of benzene rings is 2. The number of rotatable bonds is 5. The summed E-state index contributed by atoms with van der Waals surface area (Å²) >= 11 is 0. The summed E-state index contributed by atoms with van der Waals surface area (Å²) in [5.74, 6) is -1.05. The van der Waals surface area contributed by atoms with Crippen molar-refractivity contribution in [1.82, 2.24) is 5.32 Å². The molecule has 126 valence electrons. The van der Waals surface area contributed by atoms with E-state index in [9.17, 15) is 17.6 Å². The molecule has 0 fully saturated rings. The van der Waals surface area contributed by atoms with E-state index in [1.807, 2.05) is 24.3 Å². The number of aryl methyl sites for hydroxylation is 1. The molecule has 2 aromatic rings.